The van der Waals surface area contributed by atoms with Gasteiger partial charge >= 0.3 is 0 Å². The second-order valence-corrected chi connectivity index (χ2v) is 5.07. The van der Waals surface area contributed by atoms with Gasteiger partial charge < -0.3 is 20.8 Å². The number of nitrogens with two attached hydrogens (primary N) is 1. The van der Waals surface area contributed by atoms with E-state index in [0.29, 0.717) is 18.8 Å². The van der Waals surface area contributed by atoms with Crippen molar-refractivity contribution in [2.45, 2.75) is 0 Å². The molecule has 0 saturated heterocycles. The van der Waals surface area contributed by atoms with Crippen molar-refractivity contribution in [3.05, 3.63) is 28.9 Å². The topological polar surface area (TPSA) is 82.6 Å². The number of benzene rings is 1. The summed E-state index contributed by atoms with van der Waals surface area (Å²) in [6.45, 7) is 0.916. The molecule has 1 heterocycles. The van der Waals surface area contributed by atoms with Crippen molar-refractivity contribution in [1.82, 2.24) is 4.98 Å². The van der Waals surface area contributed by atoms with Gasteiger partial charge in [-0.05, 0) is 34.1 Å². The number of aliphatic hydroxyl groups is 2. The fraction of sp³-hybridized carbons (Fsp3) is 0.308. The Morgan fingerprint density at radius 1 is 1.21 bits per heavy atom. The van der Waals surface area contributed by atoms with Gasteiger partial charge in [0.05, 0.1) is 24.4 Å². The maximum atomic E-state index is 9.12. The second kappa shape index (κ2) is 6.18. The van der Waals surface area contributed by atoms with Gasteiger partial charge in [0.1, 0.15) is 0 Å². The molecular formula is C13H16BrN3O2. The zero-order chi connectivity index (χ0) is 13.8. The number of anilines is 2. The summed E-state index contributed by atoms with van der Waals surface area (Å²) >= 11 is 3.38. The highest BCUT2D eigenvalue weighted by molar-refractivity contribution is 9.10. The summed E-state index contributed by atoms with van der Waals surface area (Å²) in [5.41, 5.74) is 8.25. The molecule has 0 amide bonds. The molecule has 2 rings (SSSR count). The molecule has 0 aliphatic carbocycles. The van der Waals surface area contributed by atoms with Crippen LogP contribution in [0.5, 0.6) is 0 Å². The van der Waals surface area contributed by atoms with Gasteiger partial charge in [-0.2, -0.15) is 0 Å². The summed E-state index contributed by atoms with van der Waals surface area (Å²) < 4.78 is 0.861. The summed E-state index contributed by atoms with van der Waals surface area (Å²) in [5.74, 6) is 0. The Balaban J connectivity index is 2.56. The van der Waals surface area contributed by atoms with Crippen molar-refractivity contribution in [3.8, 4) is 0 Å². The van der Waals surface area contributed by atoms with E-state index in [2.05, 4.69) is 20.9 Å². The van der Waals surface area contributed by atoms with Gasteiger partial charge in [-0.1, -0.05) is 0 Å². The van der Waals surface area contributed by atoms with E-state index in [4.69, 9.17) is 15.9 Å². The SMILES string of the molecule is Nc1ccc(N(CCO)CCO)c2ncc(Br)cc12. The van der Waals surface area contributed by atoms with Crippen LogP contribution in [0.25, 0.3) is 10.9 Å². The lowest BCUT2D eigenvalue weighted by Crippen LogP contribution is -2.30. The van der Waals surface area contributed by atoms with Crippen LogP contribution < -0.4 is 10.6 Å². The van der Waals surface area contributed by atoms with Crippen molar-refractivity contribution >= 4 is 38.2 Å². The second-order valence-electron chi connectivity index (χ2n) is 4.16. The standard InChI is InChI=1S/C13H16BrN3O2/c14-9-7-10-11(15)1-2-12(13(10)16-8-9)17(3-5-18)4-6-19/h1-2,7-8,18-19H,3-6,15H2. The summed E-state index contributed by atoms with van der Waals surface area (Å²) in [5, 5.41) is 19.1. The molecule has 1 aromatic carbocycles. The average molecular weight is 326 g/mol. The van der Waals surface area contributed by atoms with E-state index >= 15 is 0 Å². The Bertz CT molecular complexity index is 571. The van der Waals surface area contributed by atoms with Crippen LogP contribution in [0.4, 0.5) is 11.4 Å². The fourth-order valence-corrected chi connectivity index (χ4v) is 2.38. The first-order valence-electron chi connectivity index (χ1n) is 5.97. The lowest BCUT2D eigenvalue weighted by molar-refractivity contribution is 0.281. The Hall–Kier alpha value is -1.37. The molecule has 0 fully saturated rings. The van der Waals surface area contributed by atoms with Crippen molar-refractivity contribution < 1.29 is 10.2 Å². The predicted molar refractivity (Wildman–Crippen MR) is 80.2 cm³/mol. The van der Waals surface area contributed by atoms with Crippen LogP contribution in [-0.4, -0.2) is 41.5 Å². The van der Waals surface area contributed by atoms with Gasteiger partial charge in [0.2, 0.25) is 0 Å². The number of halogens is 1. The molecular weight excluding hydrogens is 310 g/mol. The number of nitrogens with zero attached hydrogens (tertiary/aromatic N) is 2. The van der Waals surface area contributed by atoms with Crippen LogP contribution in [0.2, 0.25) is 0 Å². The number of hydrogen-bond donors (Lipinski definition) is 3. The monoisotopic (exact) mass is 325 g/mol. The molecule has 0 radical (unpaired) electrons. The lowest BCUT2D eigenvalue weighted by Gasteiger charge is -2.24. The molecule has 1 aromatic heterocycles. The highest BCUT2D eigenvalue weighted by Crippen LogP contribution is 2.30. The zero-order valence-corrected chi connectivity index (χ0v) is 12.0. The molecule has 5 nitrogen and oxygen atoms in total. The third-order valence-electron chi connectivity index (χ3n) is 2.91. The third-order valence-corrected chi connectivity index (χ3v) is 3.34. The first-order chi connectivity index (χ1) is 9.17. The summed E-state index contributed by atoms with van der Waals surface area (Å²) in [7, 11) is 0. The summed E-state index contributed by atoms with van der Waals surface area (Å²) in [4.78, 5) is 6.29. The molecule has 6 heteroatoms. The summed E-state index contributed by atoms with van der Waals surface area (Å²) in [6.07, 6.45) is 1.71. The van der Waals surface area contributed by atoms with Crippen LogP contribution in [-0.2, 0) is 0 Å². The number of aliphatic hydroxyl groups excluding tert-OH is 2. The Labute approximate surface area is 119 Å². The zero-order valence-electron chi connectivity index (χ0n) is 10.4. The van der Waals surface area contributed by atoms with Crippen molar-refractivity contribution in [1.29, 1.82) is 0 Å². The van der Waals surface area contributed by atoms with Crippen LogP contribution in [0.3, 0.4) is 0 Å². The van der Waals surface area contributed by atoms with Crippen molar-refractivity contribution in [2.75, 3.05) is 36.9 Å². The molecule has 4 N–H and O–H groups in total. The minimum Gasteiger partial charge on any atom is -0.398 e. The highest BCUT2D eigenvalue weighted by atomic mass is 79.9. The number of aromatic nitrogens is 1. The van der Waals surface area contributed by atoms with Crippen molar-refractivity contribution in [3.63, 3.8) is 0 Å². The molecule has 0 atom stereocenters. The molecule has 19 heavy (non-hydrogen) atoms. The number of fused-ring (bicyclic) bond motifs is 1. The molecule has 2 aromatic rings. The van der Waals surface area contributed by atoms with E-state index in [1.807, 2.05) is 23.1 Å². The maximum Gasteiger partial charge on any atom is 0.0956 e. The number of rotatable bonds is 5. The van der Waals surface area contributed by atoms with Gasteiger partial charge in [0, 0.05) is 34.8 Å². The van der Waals surface area contributed by atoms with Crippen LogP contribution in [0.1, 0.15) is 0 Å². The van der Waals surface area contributed by atoms with Crippen LogP contribution in [0, 0.1) is 0 Å². The molecule has 0 bridgehead atoms. The Kier molecular flexibility index (Phi) is 4.57. The smallest absolute Gasteiger partial charge is 0.0956 e. The molecule has 0 aliphatic heterocycles. The number of hydrogen-bond acceptors (Lipinski definition) is 5. The Morgan fingerprint density at radius 3 is 2.53 bits per heavy atom. The first-order valence-corrected chi connectivity index (χ1v) is 6.77. The molecule has 0 unspecified atom stereocenters. The molecule has 0 aliphatic rings. The average Bonchev–Trinajstić information content (AvgIpc) is 2.40. The minimum atomic E-state index is 0.0163. The van der Waals surface area contributed by atoms with Gasteiger partial charge in [-0.3, -0.25) is 4.98 Å². The van der Waals surface area contributed by atoms with Gasteiger partial charge in [-0.15, -0.1) is 0 Å². The summed E-state index contributed by atoms with van der Waals surface area (Å²) in [6, 6.07) is 5.59. The van der Waals surface area contributed by atoms with Crippen molar-refractivity contribution in [2.24, 2.45) is 0 Å². The van der Waals surface area contributed by atoms with E-state index in [9.17, 15) is 0 Å². The van der Waals surface area contributed by atoms with Gasteiger partial charge in [-0.25, -0.2) is 0 Å². The quantitative estimate of drug-likeness (QED) is 0.723. The molecule has 0 saturated carbocycles. The number of pyridine rings is 1. The van der Waals surface area contributed by atoms with E-state index in [-0.39, 0.29) is 13.2 Å². The van der Waals surface area contributed by atoms with Gasteiger partial charge in [0.25, 0.3) is 0 Å². The predicted octanol–water partition coefficient (Wildman–Crippen LogP) is 1.37. The van der Waals surface area contributed by atoms with E-state index in [1.165, 1.54) is 0 Å². The fourth-order valence-electron chi connectivity index (χ4n) is 2.05. The molecule has 102 valence electrons. The highest BCUT2D eigenvalue weighted by Gasteiger charge is 2.12. The van der Waals surface area contributed by atoms with Crippen LogP contribution >= 0.6 is 15.9 Å². The lowest BCUT2D eigenvalue weighted by atomic mass is 10.1. The largest absolute Gasteiger partial charge is 0.398 e. The van der Waals surface area contributed by atoms with Crippen LogP contribution in [0.15, 0.2) is 28.9 Å². The normalized spacial score (nSPS) is 10.9. The van der Waals surface area contributed by atoms with E-state index in [0.717, 1.165) is 21.1 Å². The first kappa shape index (κ1) is 14.0. The third kappa shape index (κ3) is 2.97. The maximum absolute atomic E-state index is 9.12. The minimum absolute atomic E-state index is 0.0163. The van der Waals surface area contributed by atoms with E-state index < -0.39 is 0 Å². The Morgan fingerprint density at radius 2 is 1.89 bits per heavy atom. The number of nitrogen functional groups attached to an aromatic ring is 1. The van der Waals surface area contributed by atoms with E-state index in [1.54, 1.807) is 6.20 Å². The molecule has 0 spiro atoms. The van der Waals surface area contributed by atoms with Gasteiger partial charge in [0.15, 0.2) is 0 Å².